The molecule has 2 heteroatoms. The molecule has 0 atom stereocenters. The Morgan fingerprint density at radius 1 is 1.60 bits per heavy atom. The Hall–Kier alpha value is 0.390. The van der Waals surface area contributed by atoms with E-state index >= 15 is 0 Å². The van der Waals surface area contributed by atoms with Crippen LogP contribution in [0.2, 0.25) is 0 Å². The zero-order valence-electron chi connectivity index (χ0n) is 2.94. The molecule has 0 bridgehead atoms. The minimum absolute atomic E-state index is 0.0772. The van der Waals surface area contributed by atoms with Crippen LogP contribution < -0.4 is 0 Å². The molecule has 1 aliphatic rings. The first-order valence-electron chi connectivity index (χ1n) is 1.78. The summed E-state index contributed by atoms with van der Waals surface area (Å²) >= 11 is 0. The van der Waals surface area contributed by atoms with Gasteiger partial charge in [-0.2, -0.15) is 0 Å². The molecule has 1 saturated heterocycles. The van der Waals surface area contributed by atoms with Crippen molar-refractivity contribution in [2.45, 2.75) is 6.10 Å². The fraction of sp³-hybridized carbons (Fsp3) is 1.00. The van der Waals surface area contributed by atoms with E-state index in [-0.39, 0.29) is 6.10 Å². The van der Waals surface area contributed by atoms with Crippen LogP contribution in [0.15, 0.2) is 0 Å². The second-order valence-electron chi connectivity index (χ2n) is 1.31. The zero-order valence-corrected chi connectivity index (χ0v) is 3.94. The molecule has 0 saturated carbocycles. The molecule has 1 heterocycles. The van der Waals surface area contributed by atoms with Crippen molar-refractivity contribution in [3.05, 3.63) is 0 Å². The Morgan fingerprint density at radius 2 is 2.00 bits per heavy atom. The maximum atomic E-state index is 8.45. The highest BCUT2D eigenvalue weighted by molar-refractivity contribution is 7.40. The van der Waals surface area contributed by atoms with Crippen LogP contribution in [0.5, 0.6) is 0 Å². The van der Waals surface area contributed by atoms with E-state index in [0.717, 1.165) is 20.9 Å². The normalized spacial score (nSPS) is 41.4. The van der Waals surface area contributed by atoms with E-state index in [9.17, 15) is 0 Å². The lowest BCUT2D eigenvalue weighted by Gasteiger charge is -2.17. The lowest BCUT2D eigenvalue weighted by molar-refractivity contribution is 0.211. The fourth-order valence-electron chi connectivity index (χ4n) is 0.273. The molecule has 0 unspecified atom stereocenters. The third-order valence-electron chi connectivity index (χ3n) is 0.760. The molecule has 1 N–H and O–H groups in total. The molecule has 0 aromatic heterocycles. The van der Waals surface area contributed by atoms with Gasteiger partial charge >= 0.3 is 0 Å². The highest BCUT2D eigenvalue weighted by Crippen LogP contribution is 2.23. The standard InChI is InChI=1S/C3H7OP/c4-3-1-5-2-3/h3-5H,1-2H2. The van der Waals surface area contributed by atoms with E-state index in [1.54, 1.807) is 0 Å². The highest BCUT2D eigenvalue weighted by Gasteiger charge is 2.11. The van der Waals surface area contributed by atoms with Gasteiger partial charge in [0.1, 0.15) is 0 Å². The summed E-state index contributed by atoms with van der Waals surface area (Å²) in [7, 11) is 1.05. The Bertz CT molecular complexity index is 33.9. The Labute approximate surface area is 33.2 Å². The SMILES string of the molecule is OC1CPC1. The van der Waals surface area contributed by atoms with Gasteiger partial charge in [-0.1, -0.05) is 0 Å². The van der Waals surface area contributed by atoms with Crippen LogP contribution in [0.25, 0.3) is 0 Å². The van der Waals surface area contributed by atoms with Crippen LogP contribution in [0.3, 0.4) is 0 Å². The molecule has 1 nitrogen and oxygen atoms in total. The average molecular weight is 90.1 g/mol. The molecular weight excluding hydrogens is 83.0 g/mol. The predicted molar refractivity (Wildman–Crippen MR) is 24.1 cm³/mol. The van der Waals surface area contributed by atoms with Gasteiger partial charge in [0.15, 0.2) is 0 Å². The minimum atomic E-state index is 0.0772. The monoisotopic (exact) mass is 90.0 g/mol. The molecular formula is C3H7OP. The highest BCUT2D eigenvalue weighted by atomic mass is 31.1. The molecule has 0 aliphatic carbocycles. The van der Waals surface area contributed by atoms with Crippen molar-refractivity contribution in [3.63, 3.8) is 0 Å². The third-order valence-corrected chi connectivity index (χ3v) is 2.28. The molecule has 1 rings (SSSR count). The van der Waals surface area contributed by atoms with Gasteiger partial charge in [-0.15, -0.1) is 8.58 Å². The van der Waals surface area contributed by atoms with Crippen molar-refractivity contribution < 1.29 is 5.11 Å². The summed E-state index contributed by atoms with van der Waals surface area (Å²) in [5.74, 6) is 0. The van der Waals surface area contributed by atoms with E-state index in [2.05, 4.69) is 0 Å². The van der Waals surface area contributed by atoms with Gasteiger partial charge in [-0.25, -0.2) is 0 Å². The van der Waals surface area contributed by atoms with Crippen molar-refractivity contribution in [2.24, 2.45) is 0 Å². The van der Waals surface area contributed by atoms with Gasteiger partial charge in [0.05, 0.1) is 6.10 Å². The van der Waals surface area contributed by atoms with E-state index in [4.69, 9.17) is 5.11 Å². The maximum absolute atomic E-state index is 8.45. The predicted octanol–water partition coefficient (Wildman–Crippen LogP) is 0.0394. The molecule has 5 heavy (non-hydrogen) atoms. The summed E-state index contributed by atoms with van der Waals surface area (Å²) in [5.41, 5.74) is 0. The van der Waals surface area contributed by atoms with E-state index < -0.39 is 0 Å². The number of aliphatic hydroxyl groups is 1. The van der Waals surface area contributed by atoms with Gasteiger partial charge in [0, 0.05) is 0 Å². The van der Waals surface area contributed by atoms with Crippen LogP contribution in [0.1, 0.15) is 0 Å². The first kappa shape index (κ1) is 3.58. The molecule has 30 valence electrons. The van der Waals surface area contributed by atoms with Crippen molar-refractivity contribution >= 4 is 8.58 Å². The molecule has 0 aromatic carbocycles. The zero-order chi connectivity index (χ0) is 3.70. The third kappa shape index (κ3) is 0.614. The van der Waals surface area contributed by atoms with Crippen molar-refractivity contribution in [1.82, 2.24) is 0 Å². The smallest absolute Gasteiger partial charge is 0.0613 e. The van der Waals surface area contributed by atoms with E-state index in [0.29, 0.717) is 0 Å². The molecule has 0 amide bonds. The second-order valence-corrected chi connectivity index (χ2v) is 2.63. The van der Waals surface area contributed by atoms with Gasteiger partial charge < -0.3 is 5.11 Å². The summed E-state index contributed by atoms with van der Waals surface area (Å²) in [5, 5.41) is 8.45. The Balaban J connectivity index is 2.08. The largest absolute Gasteiger partial charge is 0.392 e. The van der Waals surface area contributed by atoms with E-state index in [1.165, 1.54) is 0 Å². The van der Waals surface area contributed by atoms with Crippen LogP contribution in [0.4, 0.5) is 0 Å². The number of aliphatic hydroxyl groups excluding tert-OH is 1. The fourth-order valence-corrected chi connectivity index (χ4v) is 0.820. The van der Waals surface area contributed by atoms with Crippen LogP contribution in [-0.4, -0.2) is 23.5 Å². The number of hydrogen-bond acceptors (Lipinski definition) is 1. The summed E-state index contributed by atoms with van der Waals surface area (Å²) in [6.07, 6.45) is 2.22. The lowest BCUT2D eigenvalue weighted by atomic mass is 10.5. The summed E-state index contributed by atoms with van der Waals surface area (Å²) in [4.78, 5) is 0. The topological polar surface area (TPSA) is 20.2 Å². The van der Waals surface area contributed by atoms with Crippen LogP contribution in [0, 0.1) is 0 Å². The summed E-state index contributed by atoms with van der Waals surface area (Å²) in [6, 6.07) is 0. The van der Waals surface area contributed by atoms with Crippen molar-refractivity contribution in [1.29, 1.82) is 0 Å². The summed E-state index contributed by atoms with van der Waals surface area (Å²) in [6.45, 7) is 0. The van der Waals surface area contributed by atoms with Gasteiger partial charge in [0.2, 0.25) is 0 Å². The number of hydrogen-bond donors (Lipinski definition) is 1. The lowest BCUT2D eigenvalue weighted by Crippen LogP contribution is -2.21. The van der Waals surface area contributed by atoms with Crippen molar-refractivity contribution in [2.75, 3.05) is 12.3 Å². The molecule has 0 aromatic rings. The van der Waals surface area contributed by atoms with Crippen LogP contribution in [-0.2, 0) is 0 Å². The van der Waals surface area contributed by atoms with Gasteiger partial charge in [-0.05, 0) is 12.3 Å². The van der Waals surface area contributed by atoms with Gasteiger partial charge in [0.25, 0.3) is 0 Å². The average Bonchev–Trinajstić information content (AvgIpc) is 1.30. The molecule has 0 spiro atoms. The van der Waals surface area contributed by atoms with E-state index in [1.807, 2.05) is 0 Å². The first-order valence-corrected chi connectivity index (χ1v) is 3.20. The molecule has 1 fully saturated rings. The summed E-state index contributed by atoms with van der Waals surface area (Å²) < 4.78 is 0. The number of rotatable bonds is 0. The quantitative estimate of drug-likeness (QED) is 0.416. The Morgan fingerprint density at radius 3 is 2.00 bits per heavy atom. The Kier molecular flexibility index (Phi) is 0.884. The van der Waals surface area contributed by atoms with Gasteiger partial charge in [-0.3, -0.25) is 0 Å². The second kappa shape index (κ2) is 1.24. The van der Waals surface area contributed by atoms with Crippen molar-refractivity contribution in [3.8, 4) is 0 Å². The van der Waals surface area contributed by atoms with Crippen LogP contribution >= 0.6 is 8.58 Å². The molecule has 0 radical (unpaired) electrons. The minimum Gasteiger partial charge on any atom is -0.392 e. The first-order chi connectivity index (χ1) is 2.39. The molecule has 1 aliphatic heterocycles. The maximum Gasteiger partial charge on any atom is 0.0613 e.